The molecule has 1 atom stereocenters. The van der Waals surface area contributed by atoms with E-state index in [1.807, 2.05) is 18.2 Å². The van der Waals surface area contributed by atoms with Crippen molar-refractivity contribution in [2.75, 3.05) is 12.4 Å². The molecule has 0 unspecified atom stereocenters. The summed E-state index contributed by atoms with van der Waals surface area (Å²) in [4.78, 5) is 24.9. The standard InChI is InChI=1S/C19H18ClN3O3/c1-11-16(18(24)22-14-9-5-4-8-13(14)20)17(23-19(25)21-11)12-7-3-6-10-15(12)26-2/h3-10,17H,1-2H3,(H,22,24)(H2,21,23,25)/t17-/m0/s1. The average Bonchev–Trinajstić information content (AvgIpc) is 2.62. The van der Waals surface area contributed by atoms with Crippen molar-refractivity contribution < 1.29 is 14.3 Å². The number of nitrogens with one attached hydrogen (secondary N) is 3. The van der Waals surface area contributed by atoms with Gasteiger partial charge >= 0.3 is 6.03 Å². The third kappa shape index (κ3) is 3.50. The van der Waals surface area contributed by atoms with Crippen LogP contribution in [0.3, 0.4) is 0 Å². The summed E-state index contributed by atoms with van der Waals surface area (Å²) in [5.41, 5.74) is 2.03. The lowest BCUT2D eigenvalue weighted by Crippen LogP contribution is -2.46. The SMILES string of the molecule is COc1ccccc1[C@@H]1NC(=O)NC(C)=C1C(=O)Nc1ccccc1Cl. The number of para-hydroxylation sites is 2. The summed E-state index contributed by atoms with van der Waals surface area (Å²) in [6.45, 7) is 1.68. The number of halogens is 1. The molecular weight excluding hydrogens is 354 g/mol. The lowest BCUT2D eigenvalue weighted by atomic mass is 9.94. The molecule has 1 heterocycles. The summed E-state index contributed by atoms with van der Waals surface area (Å²) in [7, 11) is 1.54. The lowest BCUT2D eigenvalue weighted by molar-refractivity contribution is -0.113. The van der Waals surface area contributed by atoms with Crippen LogP contribution in [-0.4, -0.2) is 19.0 Å². The molecular formula is C19H18ClN3O3. The van der Waals surface area contributed by atoms with Gasteiger partial charge in [0, 0.05) is 11.3 Å². The van der Waals surface area contributed by atoms with Crippen molar-refractivity contribution in [3.8, 4) is 5.75 Å². The predicted octanol–water partition coefficient (Wildman–Crippen LogP) is 3.62. The fourth-order valence-corrected chi connectivity index (χ4v) is 3.07. The number of hydrogen-bond acceptors (Lipinski definition) is 3. The van der Waals surface area contributed by atoms with Gasteiger partial charge in [0.25, 0.3) is 5.91 Å². The van der Waals surface area contributed by atoms with Gasteiger partial charge in [-0.2, -0.15) is 0 Å². The van der Waals surface area contributed by atoms with Crippen LogP contribution in [0.1, 0.15) is 18.5 Å². The maximum atomic E-state index is 13.0. The van der Waals surface area contributed by atoms with Crippen LogP contribution in [0.15, 0.2) is 59.8 Å². The summed E-state index contributed by atoms with van der Waals surface area (Å²) in [6, 6.07) is 13.2. The number of allylic oxidation sites excluding steroid dienone is 1. The number of carbonyl (C=O) groups is 2. The van der Waals surface area contributed by atoms with Crippen molar-refractivity contribution in [1.29, 1.82) is 0 Å². The zero-order chi connectivity index (χ0) is 18.7. The van der Waals surface area contributed by atoms with Crippen molar-refractivity contribution in [2.45, 2.75) is 13.0 Å². The molecule has 2 aromatic carbocycles. The van der Waals surface area contributed by atoms with Crippen molar-refractivity contribution in [3.05, 3.63) is 70.4 Å². The highest BCUT2D eigenvalue weighted by Gasteiger charge is 2.33. The molecule has 0 saturated heterocycles. The molecule has 0 bridgehead atoms. The number of carbonyl (C=O) groups excluding carboxylic acids is 2. The first-order chi connectivity index (χ1) is 12.5. The second-order valence-corrected chi connectivity index (χ2v) is 6.15. The van der Waals surface area contributed by atoms with Gasteiger partial charge in [0.2, 0.25) is 0 Å². The summed E-state index contributed by atoms with van der Waals surface area (Å²) in [5.74, 6) is 0.217. The van der Waals surface area contributed by atoms with Crippen LogP contribution in [0, 0.1) is 0 Å². The van der Waals surface area contributed by atoms with Gasteiger partial charge in [-0.15, -0.1) is 0 Å². The van der Waals surface area contributed by atoms with Crippen LogP contribution >= 0.6 is 11.6 Å². The number of ether oxygens (including phenoxy) is 1. The Kier molecular flexibility index (Phi) is 5.14. The molecule has 0 aliphatic carbocycles. The number of amides is 3. The van der Waals surface area contributed by atoms with Crippen LogP contribution in [0.5, 0.6) is 5.75 Å². The van der Waals surface area contributed by atoms with E-state index < -0.39 is 6.04 Å². The van der Waals surface area contributed by atoms with Crippen LogP contribution in [0.4, 0.5) is 10.5 Å². The Labute approximate surface area is 156 Å². The zero-order valence-electron chi connectivity index (χ0n) is 14.3. The Hall–Kier alpha value is -2.99. The Balaban J connectivity index is 2.01. The second-order valence-electron chi connectivity index (χ2n) is 5.75. The minimum absolute atomic E-state index is 0.362. The fraction of sp³-hybridized carbons (Fsp3) is 0.158. The molecule has 26 heavy (non-hydrogen) atoms. The molecule has 1 aliphatic rings. The summed E-state index contributed by atoms with van der Waals surface area (Å²) >= 11 is 6.13. The molecule has 6 nitrogen and oxygen atoms in total. The van der Waals surface area contributed by atoms with Gasteiger partial charge in [-0.3, -0.25) is 4.79 Å². The largest absolute Gasteiger partial charge is 0.496 e. The Morgan fingerprint density at radius 1 is 1.15 bits per heavy atom. The number of anilines is 1. The van der Waals surface area contributed by atoms with Gasteiger partial charge in [-0.1, -0.05) is 41.9 Å². The molecule has 3 N–H and O–H groups in total. The molecule has 134 valence electrons. The number of urea groups is 1. The summed E-state index contributed by atoms with van der Waals surface area (Å²) in [6.07, 6.45) is 0. The number of methoxy groups -OCH3 is 1. The van der Waals surface area contributed by atoms with Crippen LogP contribution in [-0.2, 0) is 4.79 Å². The van der Waals surface area contributed by atoms with Gasteiger partial charge in [0.1, 0.15) is 5.75 Å². The van der Waals surface area contributed by atoms with Crippen molar-refractivity contribution in [2.24, 2.45) is 0 Å². The third-order valence-electron chi connectivity index (χ3n) is 4.09. The normalized spacial score (nSPS) is 16.6. The second kappa shape index (κ2) is 7.49. The Morgan fingerprint density at radius 3 is 2.58 bits per heavy atom. The highest BCUT2D eigenvalue weighted by atomic mass is 35.5. The predicted molar refractivity (Wildman–Crippen MR) is 100 cm³/mol. The van der Waals surface area contributed by atoms with E-state index in [9.17, 15) is 9.59 Å². The molecule has 2 aromatic rings. The number of hydrogen-bond donors (Lipinski definition) is 3. The lowest BCUT2D eigenvalue weighted by Gasteiger charge is -2.29. The summed E-state index contributed by atoms with van der Waals surface area (Å²) < 4.78 is 5.39. The maximum absolute atomic E-state index is 13.0. The third-order valence-corrected chi connectivity index (χ3v) is 4.42. The van der Waals surface area contributed by atoms with Crippen molar-refractivity contribution >= 4 is 29.2 Å². The molecule has 0 saturated carbocycles. The molecule has 0 fully saturated rings. The van der Waals surface area contributed by atoms with Crippen LogP contribution in [0.2, 0.25) is 5.02 Å². The highest BCUT2D eigenvalue weighted by molar-refractivity contribution is 6.33. The Morgan fingerprint density at radius 2 is 1.85 bits per heavy atom. The van der Waals surface area contributed by atoms with E-state index in [4.69, 9.17) is 16.3 Å². The maximum Gasteiger partial charge on any atom is 0.319 e. The quantitative estimate of drug-likeness (QED) is 0.768. The first-order valence-corrected chi connectivity index (χ1v) is 8.36. The van der Waals surface area contributed by atoms with Crippen LogP contribution in [0.25, 0.3) is 0 Å². The first-order valence-electron chi connectivity index (χ1n) is 7.98. The minimum Gasteiger partial charge on any atom is -0.496 e. The van der Waals surface area contributed by atoms with Gasteiger partial charge in [-0.05, 0) is 25.1 Å². The average molecular weight is 372 g/mol. The zero-order valence-corrected chi connectivity index (χ0v) is 15.1. The van der Waals surface area contributed by atoms with E-state index in [0.29, 0.717) is 33.3 Å². The van der Waals surface area contributed by atoms with E-state index in [-0.39, 0.29) is 11.9 Å². The molecule has 0 radical (unpaired) electrons. The van der Waals surface area contributed by atoms with E-state index in [1.54, 1.807) is 44.4 Å². The van der Waals surface area contributed by atoms with Crippen molar-refractivity contribution in [3.63, 3.8) is 0 Å². The number of rotatable bonds is 4. The van der Waals surface area contributed by atoms with E-state index in [0.717, 1.165) is 0 Å². The van der Waals surface area contributed by atoms with Crippen molar-refractivity contribution in [1.82, 2.24) is 10.6 Å². The first kappa shape index (κ1) is 17.8. The fourth-order valence-electron chi connectivity index (χ4n) is 2.89. The summed E-state index contributed by atoms with van der Waals surface area (Å²) in [5, 5.41) is 8.66. The molecule has 0 spiro atoms. The highest BCUT2D eigenvalue weighted by Crippen LogP contribution is 2.33. The minimum atomic E-state index is -0.651. The molecule has 3 amide bonds. The Bertz CT molecular complexity index is 895. The molecule has 3 rings (SSSR count). The van der Waals surface area contributed by atoms with Gasteiger partial charge in [0.05, 0.1) is 29.4 Å². The smallest absolute Gasteiger partial charge is 0.319 e. The van der Waals surface area contributed by atoms with Gasteiger partial charge < -0.3 is 20.7 Å². The number of benzene rings is 2. The van der Waals surface area contributed by atoms with E-state index in [2.05, 4.69) is 16.0 Å². The topological polar surface area (TPSA) is 79.5 Å². The van der Waals surface area contributed by atoms with Crippen LogP contribution < -0.4 is 20.7 Å². The van der Waals surface area contributed by atoms with Gasteiger partial charge in [0.15, 0.2) is 0 Å². The van der Waals surface area contributed by atoms with E-state index >= 15 is 0 Å². The molecule has 1 aliphatic heterocycles. The molecule has 0 aromatic heterocycles. The molecule has 7 heteroatoms. The monoisotopic (exact) mass is 371 g/mol. The van der Waals surface area contributed by atoms with Gasteiger partial charge in [-0.25, -0.2) is 4.79 Å². The van der Waals surface area contributed by atoms with E-state index in [1.165, 1.54) is 0 Å².